The van der Waals surface area contributed by atoms with E-state index < -0.39 is 9.84 Å². The smallest absolute Gasteiger partial charge is 0.180 e. The second kappa shape index (κ2) is 7.95. The Morgan fingerprint density at radius 3 is 2.38 bits per heavy atom. The molecule has 4 heteroatoms. The van der Waals surface area contributed by atoms with E-state index in [1.54, 1.807) is 6.07 Å². The van der Waals surface area contributed by atoms with Crippen LogP contribution in [-0.4, -0.2) is 26.8 Å². The normalized spacial score (nSPS) is 14.9. The molecule has 0 heterocycles. The van der Waals surface area contributed by atoms with Crippen LogP contribution in [0.5, 0.6) is 0 Å². The van der Waals surface area contributed by atoms with Gasteiger partial charge in [0.2, 0.25) is 0 Å². The number of hydrogen-bond donors (Lipinski definition) is 1. The van der Waals surface area contributed by atoms with Crippen LogP contribution in [0.3, 0.4) is 0 Å². The molecule has 1 aromatic carbocycles. The molecule has 2 atom stereocenters. The van der Waals surface area contributed by atoms with Crippen molar-refractivity contribution in [2.45, 2.75) is 58.4 Å². The highest BCUT2D eigenvalue weighted by atomic mass is 32.2. The van der Waals surface area contributed by atoms with Crippen LogP contribution in [-0.2, 0) is 9.84 Å². The Morgan fingerprint density at radius 2 is 1.86 bits per heavy atom. The Balaban J connectivity index is 2.99. The number of sulfone groups is 1. The summed E-state index contributed by atoms with van der Waals surface area (Å²) in [7, 11) is -3.25. The van der Waals surface area contributed by atoms with E-state index in [1.165, 1.54) is 0 Å². The van der Waals surface area contributed by atoms with Crippen molar-refractivity contribution < 1.29 is 8.42 Å². The molecule has 3 nitrogen and oxygen atoms in total. The van der Waals surface area contributed by atoms with Crippen LogP contribution in [0.1, 0.15) is 44.7 Å². The Bertz CT molecular complexity index is 552. The summed E-state index contributed by atoms with van der Waals surface area (Å²) >= 11 is 0. The molecule has 0 fully saturated rings. The van der Waals surface area contributed by atoms with Gasteiger partial charge < -0.3 is 5.32 Å². The molecular weight excluding hydrogens is 282 g/mol. The maximum Gasteiger partial charge on any atom is 0.180 e. The summed E-state index contributed by atoms with van der Waals surface area (Å²) in [4.78, 5) is 0.472. The quantitative estimate of drug-likeness (QED) is 0.799. The van der Waals surface area contributed by atoms with E-state index >= 15 is 0 Å². The van der Waals surface area contributed by atoms with Crippen molar-refractivity contribution in [3.05, 3.63) is 29.3 Å². The average molecular weight is 311 g/mol. The van der Waals surface area contributed by atoms with Gasteiger partial charge in [-0.05, 0) is 44.4 Å². The highest BCUT2D eigenvalue weighted by Crippen LogP contribution is 2.21. The molecule has 0 aliphatic rings. The van der Waals surface area contributed by atoms with Gasteiger partial charge in [-0.25, -0.2) is 8.42 Å². The van der Waals surface area contributed by atoms with Crippen molar-refractivity contribution in [3.63, 3.8) is 0 Å². The lowest BCUT2D eigenvalue weighted by Gasteiger charge is -2.24. The SMILES string of the molecule is CCCNC(CS(=O)(=O)c1ccc(C)cc1C)C(C)CC. The molecule has 0 radical (unpaired) electrons. The van der Waals surface area contributed by atoms with Crippen molar-refractivity contribution in [1.82, 2.24) is 5.32 Å². The van der Waals surface area contributed by atoms with Crippen molar-refractivity contribution >= 4 is 9.84 Å². The lowest BCUT2D eigenvalue weighted by atomic mass is 10.0. The Labute approximate surface area is 130 Å². The van der Waals surface area contributed by atoms with Crippen LogP contribution >= 0.6 is 0 Å². The lowest BCUT2D eigenvalue weighted by molar-refractivity contribution is 0.391. The molecule has 2 unspecified atom stereocenters. The molecule has 1 N–H and O–H groups in total. The van der Waals surface area contributed by atoms with E-state index in [2.05, 4.69) is 26.1 Å². The van der Waals surface area contributed by atoms with E-state index in [9.17, 15) is 8.42 Å². The Hall–Kier alpha value is -0.870. The van der Waals surface area contributed by atoms with E-state index in [4.69, 9.17) is 0 Å². The summed E-state index contributed by atoms with van der Waals surface area (Å²) in [6, 6.07) is 5.57. The number of rotatable bonds is 8. The fourth-order valence-electron chi connectivity index (χ4n) is 2.51. The van der Waals surface area contributed by atoms with E-state index in [-0.39, 0.29) is 11.8 Å². The first-order valence-corrected chi connectivity index (χ1v) is 9.50. The Kier molecular flexibility index (Phi) is 6.88. The third kappa shape index (κ3) is 5.11. The molecule has 0 saturated carbocycles. The zero-order valence-electron chi connectivity index (χ0n) is 13.9. The first-order chi connectivity index (χ1) is 9.81. The van der Waals surface area contributed by atoms with Crippen LogP contribution < -0.4 is 5.32 Å². The van der Waals surface area contributed by atoms with Gasteiger partial charge in [-0.15, -0.1) is 0 Å². The van der Waals surface area contributed by atoms with Crippen LogP contribution in [0.4, 0.5) is 0 Å². The lowest BCUT2D eigenvalue weighted by Crippen LogP contribution is -2.41. The molecule has 1 rings (SSSR count). The fraction of sp³-hybridized carbons (Fsp3) is 0.647. The van der Waals surface area contributed by atoms with Gasteiger partial charge in [0.15, 0.2) is 9.84 Å². The Morgan fingerprint density at radius 1 is 1.19 bits per heavy atom. The van der Waals surface area contributed by atoms with Crippen LogP contribution in [0.2, 0.25) is 0 Å². The maximum atomic E-state index is 12.7. The summed E-state index contributed by atoms with van der Waals surface area (Å²) in [5, 5.41) is 3.40. The second-order valence-electron chi connectivity index (χ2n) is 6.00. The highest BCUT2D eigenvalue weighted by Gasteiger charge is 2.25. The zero-order valence-corrected chi connectivity index (χ0v) is 14.8. The molecule has 0 spiro atoms. The predicted molar refractivity (Wildman–Crippen MR) is 89.5 cm³/mol. The maximum absolute atomic E-state index is 12.7. The molecule has 21 heavy (non-hydrogen) atoms. The minimum absolute atomic E-state index is 0.0145. The molecule has 0 aliphatic carbocycles. The fourth-order valence-corrected chi connectivity index (χ4v) is 4.44. The van der Waals surface area contributed by atoms with Crippen LogP contribution in [0, 0.1) is 19.8 Å². The van der Waals surface area contributed by atoms with E-state index in [0.717, 1.165) is 30.5 Å². The third-order valence-electron chi connectivity index (χ3n) is 4.05. The van der Waals surface area contributed by atoms with Gasteiger partial charge in [0, 0.05) is 6.04 Å². The number of benzene rings is 1. The minimum atomic E-state index is -3.25. The number of hydrogen-bond acceptors (Lipinski definition) is 3. The van der Waals surface area contributed by atoms with Crippen molar-refractivity contribution in [2.75, 3.05) is 12.3 Å². The first kappa shape index (κ1) is 18.2. The molecular formula is C17H29NO2S. The van der Waals surface area contributed by atoms with Crippen molar-refractivity contribution in [3.8, 4) is 0 Å². The first-order valence-electron chi connectivity index (χ1n) is 7.85. The van der Waals surface area contributed by atoms with Crippen molar-refractivity contribution in [2.24, 2.45) is 5.92 Å². The van der Waals surface area contributed by atoms with Gasteiger partial charge in [-0.1, -0.05) is 44.9 Å². The molecule has 0 bridgehead atoms. The summed E-state index contributed by atoms with van der Waals surface area (Å²) in [6.07, 6.45) is 1.99. The predicted octanol–water partition coefficient (Wildman–Crippen LogP) is 3.49. The second-order valence-corrected chi connectivity index (χ2v) is 8.00. The van der Waals surface area contributed by atoms with Gasteiger partial charge in [-0.3, -0.25) is 0 Å². The van der Waals surface area contributed by atoms with Gasteiger partial charge in [-0.2, -0.15) is 0 Å². The van der Waals surface area contributed by atoms with Crippen LogP contribution in [0.15, 0.2) is 23.1 Å². The molecule has 0 aromatic heterocycles. The molecule has 120 valence electrons. The van der Waals surface area contributed by atoms with Crippen molar-refractivity contribution in [1.29, 1.82) is 0 Å². The molecule has 1 aromatic rings. The minimum Gasteiger partial charge on any atom is -0.313 e. The van der Waals surface area contributed by atoms with E-state index in [1.807, 2.05) is 26.0 Å². The third-order valence-corrected chi connectivity index (χ3v) is 5.98. The van der Waals surface area contributed by atoms with E-state index in [0.29, 0.717) is 10.8 Å². The average Bonchev–Trinajstić information content (AvgIpc) is 2.42. The zero-order chi connectivity index (χ0) is 16.0. The van der Waals surface area contributed by atoms with Gasteiger partial charge in [0.1, 0.15) is 0 Å². The summed E-state index contributed by atoms with van der Waals surface area (Å²) in [5.41, 5.74) is 1.93. The summed E-state index contributed by atoms with van der Waals surface area (Å²) < 4.78 is 25.4. The highest BCUT2D eigenvalue weighted by molar-refractivity contribution is 7.91. The summed E-state index contributed by atoms with van der Waals surface area (Å²) in [6.45, 7) is 11.0. The van der Waals surface area contributed by atoms with Gasteiger partial charge in [0.05, 0.1) is 10.6 Å². The standard InChI is InChI=1S/C17H29NO2S/c1-6-10-18-16(14(4)7-2)12-21(19,20)17-9-8-13(3)11-15(17)5/h8-9,11,14,16,18H,6-7,10,12H2,1-5H3. The van der Waals surface area contributed by atoms with Gasteiger partial charge in [0.25, 0.3) is 0 Å². The topological polar surface area (TPSA) is 46.2 Å². The summed E-state index contributed by atoms with van der Waals surface area (Å²) in [5.74, 6) is 0.517. The molecule has 0 saturated heterocycles. The monoisotopic (exact) mass is 311 g/mol. The van der Waals surface area contributed by atoms with Gasteiger partial charge >= 0.3 is 0 Å². The molecule has 0 aliphatic heterocycles. The largest absolute Gasteiger partial charge is 0.313 e. The molecule has 0 amide bonds. The van der Waals surface area contributed by atoms with Crippen LogP contribution in [0.25, 0.3) is 0 Å². The number of aryl methyl sites for hydroxylation is 2. The number of nitrogens with one attached hydrogen (secondary N) is 1.